The van der Waals surface area contributed by atoms with Crippen LogP contribution in [0.4, 0.5) is 0 Å². The van der Waals surface area contributed by atoms with Gasteiger partial charge in [-0.15, -0.1) is 0 Å². The molecule has 0 amide bonds. The monoisotopic (exact) mass is 312 g/mol. The van der Waals surface area contributed by atoms with Gasteiger partial charge in [0.1, 0.15) is 11.7 Å². The number of aliphatic hydroxyl groups is 1. The third kappa shape index (κ3) is 2.87. The molecule has 126 valence electrons. The summed E-state index contributed by atoms with van der Waals surface area (Å²) in [6.45, 7) is 9.14. The second-order valence-corrected chi connectivity index (χ2v) is 8.22. The Kier molecular flexibility index (Phi) is 4.33. The van der Waals surface area contributed by atoms with Crippen LogP contribution in [-0.2, 0) is 19.1 Å². The predicted molar refractivity (Wildman–Crippen MR) is 81.0 cm³/mol. The molecule has 0 aromatic rings. The van der Waals surface area contributed by atoms with Crippen molar-refractivity contribution in [3.8, 4) is 0 Å². The molecule has 2 rings (SSSR count). The average Bonchev–Trinajstić information content (AvgIpc) is 2.69. The molecule has 4 atom stereocenters. The largest absolute Gasteiger partial charge is 0.461 e. The van der Waals surface area contributed by atoms with Gasteiger partial charge in [-0.25, -0.2) is 0 Å². The highest BCUT2D eigenvalue weighted by Crippen LogP contribution is 2.55. The Balaban J connectivity index is 2.27. The molecule has 1 aliphatic heterocycles. The fourth-order valence-electron chi connectivity index (χ4n) is 3.94. The summed E-state index contributed by atoms with van der Waals surface area (Å²) >= 11 is 0. The maximum Gasteiger partial charge on any atom is 0.311 e. The van der Waals surface area contributed by atoms with Crippen LogP contribution in [0.1, 0.15) is 60.3 Å². The van der Waals surface area contributed by atoms with Crippen molar-refractivity contribution in [2.45, 2.75) is 72.0 Å². The quantitative estimate of drug-likeness (QED) is 0.793. The molecule has 2 fully saturated rings. The molecule has 0 aromatic heterocycles. The van der Waals surface area contributed by atoms with E-state index < -0.39 is 11.0 Å². The number of fused-ring (bicyclic) bond motifs is 1. The molecule has 1 saturated heterocycles. The number of hydrogen-bond acceptors (Lipinski definition) is 5. The standard InChI is InChI=1S/C17H28O5/c1-15(2,3)14(20)21-12-7-6-11-16(12,4)9-8-13(19)22-17(11,5)10-18/h11-12,18H,6-10H2,1-5H3/t11-,12+,16+,17-/m1/s1. The van der Waals surface area contributed by atoms with Crippen LogP contribution in [0.25, 0.3) is 0 Å². The minimum absolute atomic E-state index is 0.00535. The van der Waals surface area contributed by atoms with Crippen molar-refractivity contribution in [1.29, 1.82) is 0 Å². The lowest BCUT2D eigenvalue weighted by Gasteiger charge is -2.42. The van der Waals surface area contributed by atoms with Crippen molar-refractivity contribution in [2.75, 3.05) is 6.61 Å². The number of cyclic esters (lactones) is 1. The summed E-state index contributed by atoms with van der Waals surface area (Å²) in [5.74, 6) is -0.510. The van der Waals surface area contributed by atoms with Gasteiger partial charge in [-0.05, 0) is 47.0 Å². The lowest BCUT2D eigenvalue weighted by Crippen LogP contribution is -2.49. The van der Waals surface area contributed by atoms with Gasteiger partial charge in [-0.2, -0.15) is 0 Å². The maximum atomic E-state index is 12.2. The van der Waals surface area contributed by atoms with Gasteiger partial charge < -0.3 is 14.6 Å². The van der Waals surface area contributed by atoms with Crippen molar-refractivity contribution in [2.24, 2.45) is 16.7 Å². The maximum absolute atomic E-state index is 12.2. The fraction of sp³-hybridized carbons (Fsp3) is 0.882. The third-order valence-electron chi connectivity index (χ3n) is 5.38. The number of hydrogen-bond donors (Lipinski definition) is 1. The zero-order valence-electron chi connectivity index (χ0n) is 14.3. The molecular weight excluding hydrogens is 284 g/mol. The predicted octanol–water partition coefficient (Wildman–Crippen LogP) is 2.45. The summed E-state index contributed by atoms with van der Waals surface area (Å²) in [4.78, 5) is 24.1. The van der Waals surface area contributed by atoms with Crippen LogP contribution in [-0.4, -0.2) is 35.4 Å². The van der Waals surface area contributed by atoms with Crippen LogP contribution in [0.15, 0.2) is 0 Å². The van der Waals surface area contributed by atoms with Crippen molar-refractivity contribution in [1.82, 2.24) is 0 Å². The second-order valence-electron chi connectivity index (χ2n) is 8.22. The van der Waals surface area contributed by atoms with Crippen LogP contribution in [0.5, 0.6) is 0 Å². The van der Waals surface area contributed by atoms with Crippen LogP contribution >= 0.6 is 0 Å². The van der Waals surface area contributed by atoms with E-state index in [1.165, 1.54) is 0 Å². The van der Waals surface area contributed by atoms with E-state index in [1.54, 1.807) is 6.92 Å². The molecular formula is C17H28O5. The third-order valence-corrected chi connectivity index (χ3v) is 5.38. The number of carbonyl (C=O) groups excluding carboxylic acids is 2. The summed E-state index contributed by atoms with van der Waals surface area (Å²) in [7, 11) is 0. The summed E-state index contributed by atoms with van der Waals surface area (Å²) in [5.41, 5.74) is -1.79. The van der Waals surface area contributed by atoms with Gasteiger partial charge in [-0.1, -0.05) is 6.92 Å². The summed E-state index contributed by atoms with van der Waals surface area (Å²) in [6.07, 6.45) is 2.21. The van der Waals surface area contributed by atoms with E-state index in [0.717, 1.165) is 12.8 Å². The molecule has 1 heterocycles. The van der Waals surface area contributed by atoms with Gasteiger partial charge in [0.25, 0.3) is 0 Å². The molecule has 0 radical (unpaired) electrons. The first-order valence-corrected chi connectivity index (χ1v) is 8.07. The number of rotatable bonds is 2. The highest BCUT2D eigenvalue weighted by Gasteiger charge is 2.58. The van der Waals surface area contributed by atoms with Crippen LogP contribution in [0.3, 0.4) is 0 Å². The first-order chi connectivity index (χ1) is 10.0. The number of ether oxygens (including phenoxy) is 2. The Hall–Kier alpha value is -1.10. The molecule has 22 heavy (non-hydrogen) atoms. The number of carbonyl (C=O) groups is 2. The average molecular weight is 312 g/mol. The Labute approximate surface area is 132 Å². The van der Waals surface area contributed by atoms with Crippen LogP contribution < -0.4 is 0 Å². The van der Waals surface area contributed by atoms with E-state index in [-0.39, 0.29) is 36.0 Å². The SMILES string of the molecule is CC(C)(C)C(=O)O[C@H]1CC[C@@H]2[C@]1(C)CCC(=O)O[C@]2(C)CO. The summed E-state index contributed by atoms with van der Waals surface area (Å²) < 4.78 is 11.3. The second kappa shape index (κ2) is 5.52. The Morgan fingerprint density at radius 1 is 1.36 bits per heavy atom. The first-order valence-electron chi connectivity index (χ1n) is 8.07. The molecule has 0 spiro atoms. The van der Waals surface area contributed by atoms with Gasteiger partial charge in [0.2, 0.25) is 0 Å². The van der Waals surface area contributed by atoms with Crippen molar-refractivity contribution < 1.29 is 24.2 Å². The number of aliphatic hydroxyl groups excluding tert-OH is 1. The Morgan fingerprint density at radius 3 is 2.55 bits per heavy atom. The van der Waals surface area contributed by atoms with Gasteiger partial charge in [0.15, 0.2) is 0 Å². The van der Waals surface area contributed by atoms with E-state index >= 15 is 0 Å². The van der Waals surface area contributed by atoms with Crippen LogP contribution in [0.2, 0.25) is 0 Å². The zero-order valence-corrected chi connectivity index (χ0v) is 14.3. The van der Waals surface area contributed by atoms with Gasteiger partial charge in [0.05, 0.1) is 12.0 Å². The molecule has 2 aliphatic rings. The minimum Gasteiger partial charge on any atom is -0.461 e. The normalized spacial score (nSPS) is 38.9. The van der Waals surface area contributed by atoms with Gasteiger partial charge >= 0.3 is 11.9 Å². The summed E-state index contributed by atoms with van der Waals surface area (Å²) in [5, 5.41) is 9.77. The van der Waals surface area contributed by atoms with Crippen LogP contribution in [0, 0.1) is 16.7 Å². The molecule has 0 bridgehead atoms. The Morgan fingerprint density at radius 2 is 2.00 bits per heavy atom. The highest BCUT2D eigenvalue weighted by molar-refractivity contribution is 5.75. The highest BCUT2D eigenvalue weighted by atomic mass is 16.6. The van der Waals surface area contributed by atoms with Gasteiger partial charge in [0, 0.05) is 17.8 Å². The van der Waals surface area contributed by atoms with E-state index in [1.807, 2.05) is 20.8 Å². The molecule has 1 aliphatic carbocycles. The number of esters is 2. The van der Waals surface area contributed by atoms with Crippen molar-refractivity contribution >= 4 is 11.9 Å². The van der Waals surface area contributed by atoms with E-state index in [0.29, 0.717) is 12.8 Å². The molecule has 1 N–H and O–H groups in total. The zero-order chi connectivity index (χ0) is 16.8. The van der Waals surface area contributed by atoms with Gasteiger partial charge in [-0.3, -0.25) is 9.59 Å². The minimum atomic E-state index is -0.898. The fourth-order valence-corrected chi connectivity index (χ4v) is 3.94. The van der Waals surface area contributed by atoms with E-state index in [4.69, 9.17) is 9.47 Å². The van der Waals surface area contributed by atoms with Crippen molar-refractivity contribution in [3.05, 3.63) is 0 Å². The lowest BCUT2D eigenvalue weighted by molar-refractivity contribution is -0.175. The molecule has 0 aromatic carbocycles. The first kappa shape index (κ1) is 17.3. The molecule has 1 saturated carbocycles. The Bertz CT molecular complexity index is 466. The summed E-state index contributed by atoms with van der Waals surface area (Å²) in [6, 6.07) is 0. The smallest absolute Gasteiger partial charge is 0.311 e. The van der Waals surface area contributed by atoms with E-state index in [2.05, 4.69) is 6.92 Å². The topological polar surface area (TPSA) is 72.8 Å². The van der Waals surface area contributed by atoms with Crippen molar-refractivity contribution in [3.63, 3.8) is 0 Å². The molecule has 5 nitrogen and oxygen atoms in total. The molecule has 0 unspecified atom stereocenters. The lowest BCUT2D eigenvalue weighted by atomic mass is 9.68. The molecule has 5 heteroatoms. The van der Waals surface area contributed by atoms with E-state index in [9.17, 15) is 14.7 Å².